The van der Waals surface area contributed by atoms with Gasteiger partial charge in [0.05, 0.1) is 0 Å². The summed E-state index contributed by atoms with van der Waals surface area (Å²) in [5, 5.41) is 3.03. The molecule has 0 bridgehead atoms. The highest BCUT2D eigenvalue weighted by molar-refractivity contribution is 5.92. The lowest BCUT2D eigenvalue weighted by atomic mass is 9.55. The van der Waals surface area contributed by atoms with E-state index < -0.39 is 35.2 Å². The summed E-state index contributed by atoms with van der Waals surface area (Å²) in [6.07, 6.45) is 1.69. The maximum absolute atomic E-state index is 13.0. The van der Waals surface area contributed by atoms with Crippen LogP contribution in [0, 0.1) is 0 Å². The largest absolute Gasteiger partial charge is 0.573 e. The minimum Gasteiger partial charge on any atom is -0.457 e. The number of nitrogens with zero attached hydrogens (tertiary/aromatic N) is 1. The third-order valence-corrected chi connectivity index (χ3v) is 7.94. The van der Waals surface area contributed by atoms with Crippen LogP contribution in [0.2, 0.25) is 0 Å². The predicted molar refractivity (Wildman–Crippen MR) is 153 cm³/mol. The van der Waals surface area contributed by atoms with Crippen LogP contribution < -0.4 is 14.8 Å². The number of benzene rings is 2. The summed E-state index contributed by atoms with van der Waals surface area (Å²) in [4.78, 5) is 39.4. The Labute approximate surface area is 248 Å². The maximum Gasteiger partial charge on any atom is 0.573 e. The number of hydrogen-bond donors (Lipinski definition) is 1. The zero-order chi connectivity index (χ0) is 31.3. The number of carbonyl (C=O) groups excluding carboxylic acids is 3. The molecule has 3 atom stereocenters. The molecule has 43 heavy (non-hydrogen) atoms. The average molecular weight is 601 g/mol. The Morgan fingerprint density at radius 1 is 1.07 bits per heavy atom. The molecule has 11 heteroatoms. The SMILES string of the molecule is C=CCN1CCC2(c3cccc(OC(C)=O)c3)CC(NC(=O)/C=C/c3cccc(OC(F)(F)F)c3)CCC2(OC(C)=O)C1. The number of esters is 2. The number of ether oxygens (including phenoxy) is 3. The van der Waals surface area contributed by atoms with Crippen molar-refractivity contribution in [3.63, 3.8) is 0 Å². The third kappa shape index (κ3) is 7.84. The van der Waals surface area contributed by atoms with Gasteiger partial charge >= 0.3 is 18.3 Å². The third-order valence-electron chi connectivity index (χ3n) is 7.94. The molecule has 0 aromatic heterocycles. The number of nitrogens with one attached hydrogen (secondary N) is 1. The van der Waals surface area contributed by atoms with Crippen molar-refractivity contribution in [2.75, 3.05) is 19.6 Å². The van der Waals surface area contributed by atoms with Crippen LogP contribution in [0.4, 0.5) is 13.2 Å². The van der Waals surface area contributed by atoms with E-state index in [0.29, 0.717) is 56.6 Å². The topological polar surface area (TPSA) is 94.2 Å². The number of carbonyl (C=O) groups is 3. The summed E-state index contributed by atoms with van der Waals surface area (Å²) in [6.45, 7) is 8.32. The van der Waals surface area contributed by atoms with Gasteiger partial charge in [0.25, 0.3) is 0 Å². The highest BCUT2D eigenvalue weighted by Gasteiger charge is 2.60. The summed E-state index contributed by atoms with van der Waals surface area (Å²) < 4.78 is 53.3. The van der Waals surface area contributed by atoms with Gasteiger partial charge in [0.1, 0.15) is 17.1 Å². The van der Waals surface area contributed by atoms with Gasteiger partial charge in [-0.1, -0.05) is 30.3 Å². The van der Waals surface area contributed by atoms with Crippen molar-refractivity contribution in [1.82, 2.24) is 10.2 Å². The fourth-order valence-electron chi connectivity index (χ4n) is 6.41. The molecule has 2 aromatic rings. The molecule has 2 aliphatic rings. The first-order valence-corrected chi connectivity index (χ1v) is 14.0. The van der Waals surface area contributed by atoms with E-state index in [1.165, 1.54) is 44.2 Å². The van der Waals surface area contributed by atoms with Crippen molar-refractivity contribution in [1.29, 1.82) is 0 Å². The van der Waals surface area contributed by atoms with E-state index in [0.717, 1.165) is 5.56 Å². The number of hydrogen-bond acceptors (Lipinski definition) is 7. The molecule has 1 amide bonds. The standard InChI is InChI=1S/C32H35F3N2O6/c1-4-16-37-17-15-30(25-8-6-9-27(19-25)41-22(2)38)20-26(13-14-31(30,21-37)42-23(3)39)36-29(40)12-11-24-7-5-10-28(18-24)43-32(33,34)35/h4-12,18-19,26H,1,13-17,20-21H2,2-3H3,(H,36,40)/b12-11+. The second-order valence-corrected chi connectivity index (χ2v) is 11.0. The van der Waals surface area contributed by atoms with Gasteiger partial charge in [0, 0.05) is 44.5 Å². The van der Waals surface area contributed by atoms with E-state index in [9.17, 15) is 27.6 Å². The number of halogens is 3. The van der Waals surface area contributed by atoms with Gasteiger partial charge < -0.3 is 19.5 Å². The van der Waals surface area contributed by atoms with E-state index in [-0.39, 0.29) is 11.8 Å². The van der Waals surface area contributed by atoms with Crippen molar-refractivity contribution in [3.8, 4) is 11.5 Å². The van der Waals surface area contributed by atoms with Gasteiger partial charge in [0.2, 0.25) is 5.91 Å². The lowest BCUT2D eigenvalue weighted by Crippen LogP contribution is -2.68. The van der Waals surface area contributed by atoms with Crippen LogP contribution >= 0.6 is 0 Å². The van der Waals surface area contributed by atoms with Crippen molar-refractivity contribution >= 4 is 23.9 Å². The molecular weight excluding hydrogens is 565 g/mol. The molecule has 1 aliphatic carbocycles. The van der Waals surface area contributed by atoms with Crippen LogP contribution in [-0.4, -0.2) is 60.4 Å². The van der Waals surface area contributed by atoms with Crippen LogP contribution in [0.3, 0.4) is 0 Å². The van der Waals surface area contributed by atoms with Crippen LogP contribution in [0.1, 0.15) is 50.7 Å². The molecular formula is C32H35F3N2O6. The Morgan fingerprint density at radius 2 is 1.81 bits per heavy atom. The molecule has 0 spiro atoms. The van der Waals surface area contributed by atoms with E-state index in [2.05, 4.69) is 21.5 Å². The first-order chi connectivity index (χ1) is 20.3. The first kappa shape index (κ1) is 31.8. The summed E-state index contributed by atoms with van der Waals surface area (Å²) in [5.41, 5.74) is -0.426. The summed E-state index contributed by atoms with van der Waals surface area (Å²) >= 11 is 0. The summed E-state index contributed by atoms with van der Waals surface area (Å²) in [5.74, 6) is -1.30. The lowest BCUT2D eigenvalue weighted by molar-refractivity contribution is -0.274. The maximum atomic E-state index is 13.0. The fourth-order valence-corrected chi connectivity index (χ4v) is 6.41. The second kappa shape index (κ2) is 13.0. The Hall–Kier alpha value is -4.12. The van der Waals surface area contributed by atoms with Crippen LogP contribution in [0.25, 0.3) is 6.08 Å². The van der Waals surface area contributed by atoms with E-state index in [1.54, 1.807) is 30.3 Å². The Bertz CT molecular complexity index is 1390. The van der Waals surface area contributed by atoms with E-state index in [1.807, 2.05) is 6.07 Å². The quantitative estimate of drug-likeness (QED) is 0.180. The number of rotatable bonds is 9. The molecule has 1 N–H and O–H groups in total. The van der Waals surface area contributed by atoms with Crippen molar-refractivity contribution in [2.45, 2.75) is 63.0 Å². The first-order valence-electron chi connectivity index (χ1n) is 14.0. The van der Waals surface area contributed by atoms with Crippen LogP contribution in [0.15, 0.2) is 67.3 Å². The predicted octanol–water partition coefficient (Wildman–Crippen LogP) is 5.32. The van der Waals surface area contributed by atoms with Crippen molar-refractivity contribution < 1.29 is 41.8 Å². The summed E-state index contributed by atoms with van der Waals surface area (Å²) in [6, 6.07) is 12.2. The molecule has 3 unspecified atom stereocenters. The molecule has 2 fully saturated rings. The molecule has 2 aromatic carbocycles. The van der Waals surface area contributed by atoms with Gasteiger partial charge in [0.15, 0.2) is 0 Å². The van der Waals surface area contributed by atoms with Gasteiger partial charge in [-0.05, 0) is 73.7 Å². The normalized spacial score (nSPS) is 24.1. The summed E-state index contributed by atoms with van der Waals surface area (Å²) in [7, 11) is 0. The van der Waals surface area contributed by atoms with Gasteiger partial charge in [-0.15, -0.1) is 19.8 Å². The van der Waals surface area contributed by atoms with Crippen molar-refractivity contribution in [2.24, 2.45) is 0 Å². The minimum absolute atomic E-state index is 0.302. The molecule has 1 saturated carbocycles. The number of likely N-dealkylation sites (tertiary alicyclic amines) is 1. The van der Waals surface area contributed by atoms with E-state index in [4.69, 9.17) is 9.47 Å². The minimum atomic E-state index is -4.82. The molecule has 0 radical (unpaired) electrons. The fraction of sp³-hybridized carbons (Fsp3) is 0.406. The number of fused-ring (bicyclic) bond motifs is 1. The highest BCUT2D eigenvalue weighted by Crippen LogP contribution is 2.54. The van der Waals surface area contributed by atoms with Gasteiger partial charge in [-0.25, -0.2) is 0 Å². The van der Waals surface area contributed by atoms with Crippen LogP contribution in [-0.2, 0) is 24.5 Å². The Morgan fingerprint density at radius 3 is 2.51 bits per heavy atom. The highest BCUT2D eigenvalue weighted by atomic mass is 19.4. The zero-order valence-electron chi connectivity index (χ0n) is 24.1. The molecule has 1 saturated heterocycles. The number of alkyl halides is 3. The second-order valence-electron chi connectivity index (χ2n) is 11.0. The zero-order valence-corrected chi connectivity index (χ0v) is 24.1. The number of amides is 1. The molecule has 8 nitrogen and oxygen atoms in total. The molecule has 1 heterocycles. The molecule has 4 rings (SSSR count). The Balaban J connectivity index is 1.62. The Kier molecular flexibility index (Phi) is 9.64. The smallest absolute Gasteiger partial charge is 0.457 e. The van der Waals surface area contributed by atoms with Gasteiger partial charge in [-0.3, -0.25) is 19.3 Å². The van der Waals surface area contributed by atoms with E-state index >= 15 is 0 Å². The lowest BCUT2D eigenvalue weighted by Gasteiger charge is -2.59. The van der Waals surface area contributed by atoms with Crippen LogP contribution in [0.5, 0.6) is 11.5 Å². The molecule has 230 valence electrons. The number of piperidine rings is 1. The van der Waals surface area contributed by atoms with Gasteiger partial charge in [-0.2, -0.15) is 0 Å². The molecule has 1 aliphatic heterocycles. The average Bonchev–Trinajstić information content (AvgIpc) is 2.91. The monoisotopic (exact) mass is 600 g/mol. The van der Waals surface area contributed by atoms with Crippen molar-refractivity contribution in [3.05, 3.63) is 78.4 Å².